The van der Waals surface area contributed by atoms with Crippen LogP contribution >= 0.6 is 0 Å². The first-order chi connectivity index (χ1) is 13.2. The number of halogens is 1. The van der Waals surface area contributed by atoms with Crippen molar-refractivity contribution in [3.05, 3.63) is 53.8 Å². The normalized spacial score (nSPS) is 17.6. The fourth-order valence-corrected chi connectivity index (χ4v) is 3.50. The predicted octanol–water partition coefficient (Wildman–Crippen LogP) is 5.41. The quantitative estimate of drug-likeness (QED) is 0.709. The van der Waals surface area contributed by atoms with E-state index in [2.05, 4.69) is 32.9 Å². The average Bonchev–Trinajstić information content (AvgIpc) is 3.05. The van der Waals surface area contributed by atoms with E-state index in [1.54, 1.807) is 13.1 Å². The van der Waals surface area contributed by atoms with Crippen molar-refractivity contribution in [3.63, 3.8) is 0 Å². The van der Waals surface area contributed by atoms with E-state index in [4.69, 9.17) is 4.74 Å². The van der Waals surface area contributed by atoms with Crippen molar-refractivity contribution in [2.45, 2.75) is 45.3 Å². The molecule has 0 aliphatic carbocycles. The van der Waals surface area contributed by atoms with Crippen LogP contribution in [0.25, 0.3) is 11.1 Å². The van der Waals surface area contributed by atoms with Crippen molar-refractivity contribution >= 4 is 11.8 Å². The van der Waals surface area contributed by atoms with Gasteiger partial charge in [0.05, 0.1) is 5.69 Å². The molecule has 2 aromatic rings. The van der Waals surface area contributed by atoms with Crippen molar-refractivity contribution < 1.29 is 13.9 Å². The third kappa shape index (κ3) is 4.36. The van der Waals surface area contributed by atoms with Crippen molar-refractivity contribution in [1.29, 1.82) is 0 Å². The number of likely N-dealkylation sites (tertiary alicyclic amines) is 1. The van der Waals surface area contributed by atoms with Crippen LogP contribution in [0.3, 0.4) is 0 Å². The second kappa shape index (κ2) is 7.92. The summed E-state index contributed by atoms with van der Waals surface area (Å²) in [7, 11) is 3.61. The van der Waals surface area contributed by atoms with E-state index in [1.165, 1.54) is 22.6 Å². The van der Waals surface area contributed by atoms with Gasteiger partial charge in [0.2, 0.25) is 0 Å². The average molecular weight is 384 g/mol. The summed E-state index contributed by atoms with van der Waals surface area (Å²) in [5.74, 6) is -0.337. The highest BCUT2D eigenvalue weighted by atomic mass is 19.1. The molecule has 4 nitrogen and oxygen atoms in total. The monoisotopic (exact) mass is 384 g/mol. The van der Waals surface area contributed by atoms with E-state index in [0.29, 0.717) is 11.3 Å². The molecular weight excluding hydrogens is 355 g/mol. The van der Waals surface area contributed by atoms with Gasteiger partial charge in [-0.2, -0.15) is 0 Å². The number of hydrogen-bond acceptors (Lipinski definition) is 3. The SMILES string of the molecule is CN(C(=O)O[C@H]1CCCN1C)c1ccc(F)cc1-c1ccc(C(C)(C)C)cc1. The summed E-state index contributed by atoms with van der Waals surface area (Å²) in [6.07, 6.45) is 1.21. The lowest BCUT2D eigenvalue weighted by atomic mass is 9.86. The van der Waals surface area contributed by atoms with Gasteiger partial charge in [0.25, 0.3) is 0 Å². The molecule has 0 bridgehead atoms. The van der Waals surface area contributed by atoms with Gasteiger partial charge >= 0.3 is 6.09 Å². The Kier molecular flexibility index (Phi) is 5.75. The number of nitrogens with zero attached hydrogens (tertiary/aromatic N) is 2. The van der Waals surface area contributed by atoms with Crippen molar-refractivity contribution in [2.24, 2.45) is 0 Å². The summed E-state index contributed by atoms with van der Waals surface area (Å²) in [6, 6.07) is 12.5. The van der Waals surface area contributed by atoms with Crippen LogP contribution in [-0.2, 0) is 10.2 Å². The summed E-state index contributed by atoms with van der Waals surface area (Å²) in [6.45, 7) is 7.38. The number of ether oxygens (including phenoxy) is 1. The number of carbonyl (C=O) groups excluding carboxylic acids is 1. The molecule has 1 atom stereocenters. The van der Waals surface area contributed by atoms with E-state index in [0.717, 1.165) is 24.9 Å². The van der Waals surface area contributed by atoms with Crippen molar-refractivity contribution in [1.82, 2.24) is 4.90 Å². The third-order valence-corrected chi connectivity index (χ3v) is 5.35. The zero-order valence-electron chi connectivity index (χ0n) is 17.3. The molecule has 0 aromatic heterocycles. The molecule has 0 unspecified atom stereocenters. The lowest BCUT2D eigenvalue weighted by molar-refractivity contribution is 0.0315. The van der Waals surface area contributed by atoms with Gasteiger partial charge in [-0.05, 0) is 54.6 Å². The van der Waals surface area contributed by atoms with Gasteiger partial charge in [-0.15, -0.1) is 0 Å². The fraction of sp³-hybridized carbons (Fsp3) is 0.435. The minimum Gasteiger partial charge on any atom is -0.430 e. The molecule has 3 rings (SSSR count). The van der Waals surface area contributed by atoms with Crippen LogP contribution < -0.4 is 4.90 Å². The van der Waals surface area contributed by atoms with Crippen LogP contribution in [0, 0.1) is 5.82 Å². The lowest BCUT2D eigenvalue weighted by Crippen LogP contribution is -2.36. The van der Waals surface area contributed by atoms with Gasteiger partial charge in [-0.3, -0.25) is 9.80 Å². The van der Waals surface area contributed by atoms with Gasteiger partial charge < -0.3 is 4.74 Å². The largest absolute Gasteiger partial charge is 0.430 e. The number of carbonyl (C=O) groups is 1. The highest BCUT2D eigenvalue weighted by Crippen LogP contribution is 2.33. The summed E-state index contributed by atoms with van der Waals surface area (Å²) < 4.78 is 19.6. The fourth-order valence-electron chi connectivity index (χ4n) is 3.50. The molecule has 2 aromatic carbocycles. The number of benzene rings is 2. The molecule has 0 saturated carbocycles. The molecule has 150 valence electrons. The van der Waals surface area contributed by atoms with Crippen LogP contribution in [0.1, 0.15) is 39.2 Å². The smallest absolute Gasteiger partial charge is 0.415 e. The molecule has 0 radical (unpaired) electrons. The summed E-state index contributed by atoms with van der Waals surface area (Å²) in [5, 5.41) is 0. The third-order valence-electron chi connectivity index (χ3n) is 5.35. The van der Waals surface area contributed by atoms with Crippen LogP contribution in [0.5, 0.6) is 0 Å². The van der Waals surface area contributed by atoms with Gasteiger partial charge in [-0.25, -0.2) is 9.18 Å². The van der Waals surface area contributed by atoms with E-state index in [-0.39, 0.29) is 17.5 Å². The standard InChI is InChI=1S/C23H29FN2O2/c1-23(2,3)17-10-8-16(9-11-17)19-15-18(24)12-13-20(19)26(5)22(27)28-21-7-6-14-25(21)4/h8-13,15,21H,6-7,14H2,1-5H3/t21-/m0/s1. The maximum atomic E-state index is 14.0. The Balaban J connectivity index is 1.89. The van der Waals surface area contributed by atoms with E-state index >= 15 is 0 Å². The zero-order chi connectivity index (χ0) is 20.5. The molecule has 0 spiro atoms. The Morgan fingerprint density at radius 3 is 2.43 bits per heavy atom. The van der Waals surface area contributed by atoms with E-state index in [9.17, 15) is 9.18 Å². The van der Waals surface area contributed by atoms with Gasteiger partial charge in [0.1, 0.15) is 5.82 Å². The van der Waals surface area contributed by atoms with Gasteiger partial charge in [0, 0.05) is 19.2 Å². The van der Waals surface area contributed by atoms with Crippen molar-refractivity contribution in [3.8, 4) is 11.1 Å². The van der Waals surface area contributed by atoms with Crippen LogP contribution in [0.4, 0.5) is 14.9 Å². The molecular formula is C23H29FN2O2. The predicted molar refractivity (Wildman–Crippen MR) is 111 cm³/mol. The Labute approximate surface area is 166 Å². The molecule has 28 heavy (non-hydrogen) atoms. The highest BCUT2D eigenvalue weighted by molar-refractivity contribution is 5.93. The number of hydrogen-bond donors (Lipinski definition) is 0. The van der Waals surface area contributed by atoms with Crippen LogP contribution in [-0.4, -0.2) is 37.9 Å². The minimum atomic E-state index is -0.432. The zero-order valence-corrected chi connectivity index (χ0v) is 17.3. The Morgan fingerprint density at radius 2 is 1.86 bits per heavy atom. The van der Waals surface area contributed by atoms with E-state index in [1.807, 2.05) is 24.1 Å². The maximum Gasteiger partial charge on any atom is 0.415 e. The lowest BCUT2D eigenvalue weighted by Gasteiger charge is -2.25. The topological polar surface area (TPSA) is 32.8 Å². The molecule has 5 heteroatoms. The second-order valence-corrected chi connectivity index (χ2v) is 8.51. The highest BCUT2D eigenvalue weighted by Gasteiger charge is 2.27. The first-order valence-corrected chi connectivity index (χ1v) is 9.72. The maximum absolute atomic E-state index is 14.0. The summed E-state index contributed by atoms with van der Waals surface area (Å²) >= 11 is 0. The number of anilines is 1. The molecule has 1 aliphatic heterocycles. The van der Waals surface area contributed by atoms with Gasteiger partial charge in [-0.1, -0.05) is 45.0 Å². The Morgan fingerprint density at radius 1 is 1.18 bits per heavy atom. The number of rotatable bonds is 3. The molecule has 0 N–H and O–H groups in total. The number of amides is 1. The van der Waals surface area contributed by atoms with E-state index < -0.39 is 6.09 Å². The molecule has 1 amide bonds. The molecule has 1 saturated heterocycles. The summed E-state index contributed by atoms with van der Waals surface area (Å²) in [5.41, 5.74) is 3.39. The minimum absolute atomic E-state index is 0.0389. The Hall–Kier alpha value is -2.40. The second-order valence-electron chi connectivity index (χ2n) is 8.51. The first kappa shape index (κ1) is 20.3. The first-order valence-electron chi connectivity index (χ1n) is 9.72. The summed E-state index contributed by atoms with van der Waals surface area (Å²) in [4.78, 5) is 16.2. The molecule has 1 heterocycles. The van der Waals surface area contributed by atoms with Crippen LogP contribution in [0.2, 0.25) is 0 Å². The van der Waals surface area contributed by atoms with Gasteiger partial charge in [0.15, 0.2) is 6.23 Å². The molecule has 1 aliphatic rings. The Bertz CT molecular complexity index is 843. The molecule has 1 fully saturated rings. The van der Waals surface area contributed by atoms with Crippen molar-refractivity contribution in [2.75, 3.05) is 25.5 Å². The van der Waals surface area contributed by atoms with Crippen LogP contribution in [0.15, 0.2) is 42.5 Å².